The first-order valence-electron chi connectivity index (χ1n) is 4.32. The van der Waals surface area contributed by atoms with E-state index in [1.807, 2.05) is 0 Å². The summed E-state index contributed by atoms with van der Waals surface area (Å²) in [6.07, 6.45) is 0. The maximum atomic E-state index is 13.0. The third kappa shape index (κ3) is 2.35. The van der Waals surface area contributed by atoms with Gasteiger partial charge in [0.2, 0.25) is 0 Å². The van der Waals surface area contributed by atoms with Crippen LogP contribution in [0.4, 0.5) is 13.2 Å². The second-order valence-electron chi connectivity index (χ2n) is 3.13. The SMILES string of the molecule is Fc1cc(-c2cc(Cl)nnc2Cl)cc(F)c1F. The van der Waals surface area contributed by atoms with Crippen molar-refractivity contribution in [2.24, 2.45) is 0 Å². The van der Waals surface area contributed by atoms with Gasteiger partial charge in [0.05, 0.1) is 0 Å². The van der Waals surface area contributed by atoms with Crippen LogP contribution in [-0.2, 0) is 0 Å². The molecule has 0 amide bonds. The summed E-state index contributed by atoms with van der Waals surface area (Å²) in [6, 6.07) is 2.89. The van der Waals surface area contributed by atoms with Crippen molar-refractivity contribution in [1.82, 2.24) is 10.2 Å². The second kappa shape index (κ2) is 4.50. The van der Waals surface area contributed by atoms with Crippen LogP contribution in [0.3, 0.4) is 0 Å². The Bertz CT molecular complexity index is 567. The summed E-state index contributed by atoms with van der Waals surface area (Å²) in [5.74, 6) is -4.18. The number of aromatic nitrogens is 2. The van der Waals surface area contributed by atoms with E-state index in [4.69, 9.17) is 23.2 Å². The standard InChI is InChI=1S/C10H3Cl2F3N2/c11-8-3-5(10(12)17-16-8)4-1-6(13)9(15)7(14)2-4/h1-3H. The molecule has 0 fully saturated rings. The molecule has 2 nitrogen and oxygen atoms in total. The second-order valence-corrected chi connectivity index (χ2v) is 3.87. The number of nitrogens with zero attached hydrogens (tertiary/aromatic N) is 2. The van der Waals surface area contributed by atoms with Gasteiger partial charge in [-0.1, -0.05) is 23.2 Å². The molecule has 0 N–H and O–H groups in total. The highest BCUT2D eigenvalue weighted by Gasteiger charge is 2.14. The minimum atomic E-state index is -1.54. The van der Waals surface area contributed by atoms with Crippen LogP contribution in [0, 0.1) is 17.5 Å². The van der Waals surface area contributed by atoms with Gasteiger partial charge in [-0.15, -0.1) is 10.2 Å². The number of hydrogen-bond acceptors (Lipinski definition) is 2. The van der Waals surface area contributed by atoms with Crippen LogP contribution in [0.15, 0.2) is 18.2 Å². The highest BCUT2D eigenvalue weighted by atomic mass is 35.5. The summed E-state index contributed by atoms with van der Waals surface area (Å²) < 4.78 is 38.8. The molecule has 0 aliphatic heterocycles. The molecule has 7 heteroatoms. The highest BCUT2D eigenvalue weighted by molar-refractivity contribution is 6.33. The van der Waals surface area contributed by atoms with Gasteiger partial charge in [0.25, 0.3) is 0 Å². The smallest absolute Gasteiger partial charge is 0.194 e. The predicted octanol–water partition coefficient (Wildman–Crippen LogP) is 3.87. The van der Waals surface area contributed by atoms with Crippen molar-refractivity contribution in [3.05, 3.63) is 46.0 Å². The normalized spacial score (nSPS) is 10.6. The van der Waals surface area contributed by atoms with Gasteiger partial charge in [0.1, 0.15) is 0 Å². The zero-order valence-corrected chi connectivity index (χ0v) is 9.53. The van der Waals surface area contributed by atoms with Crippen molar-refractivity contribution >= 4 is 23.2 Å². The number of hydrogen-bond donors (Lipinski definition) is 0. The summed E-state index contributed by atoms with van der Waals surface area (Å²) >= 11 is 11.3. The molecule has 2 aromatic rings. The molecule has 0 unspecified atom stereocenters. The quantitative estimate of drug-likeness (QED) is 0.740. The number of rotatable bonds is 1. The Morgan fingerprint density at radius 2 is 1.47 bits per heavy atom. The largest absolute Gasteiger partial charge is 0.204 e. The molecule has 0 saturated carbocycles. The summed E-state index contributed by atoms with van der Waals surface area (Å²) in [6.45, 7) is 0. The summed E-state index contributed by atoms with van der Waals surface area (Å²) in [5.41, 5.74) is 0.202. The van der Waals surface area contributed by atoms with Crippen molar-refractivity contribution in [3.63, 3.8) is 0 Å². The lowest BCUT2D eigenvalue weighted by Crippen LogP contribution is -1.94. The van der Waals surface area contributed by atoms with Crippen molar-refractivity contribution < 1.29 is 13.2 Å². The van der Waals surface area contributed by atoms with Crippen molar-refractivity contribution in [2.75, 3.05) is 0 Å². The van der Waals surface area contributed by atoms with Crippen LogP contribution in [0.25, 0.3) is 11.1 Å². The van der Waals surface area contributed by atoms with Gasteiger partial charge < -0.3 is 0 Å². The Hall–Kier alpha value is -1.33. The number of halogens is 5. The Morgan fingerprint density at radius 3 is 2.06 bits per heavy atom. The third-order valence-corrected chi connectivity index (χ3v) is 2.48. The Kier molecular flexibility index (Phi) is 3.22. The molecular weight excluding hydrogens is 276 g/mol. The van der Waals surface area contributed by atoms with E-state index in [9.17, 15) is 13.2 Å². The molecule has 1 aromatic carbocycles. The zero-order valence-electron chi connectivity index (χ0n) is 8.02. The maximum absolute atomic E-state index is 13.0. The van der Waals surface area contributed by atoms with Crippen molar-refractivity contribution in [3.8, 4) is 11.1 Å². The van der Waals surface area contributed by atoms with Gasteiger partial charge in [0.15, 0.2) is 27.8 Å². The van der Waals surface area contributed by atoms with Crippen LogP contribution in [-0.4, -0.2) is 10.2 Å². The van der Waals surface area contributed by atoms with Gasteiger partial charge in [-0.05, 0) is 23.8 Å². The minimum Gasteiger partial charge on any atom is -0.204 e. The molecule has 0 atom stereocenters. The molecule has 0 spiro atoms. The van der Waals surface area contributed by atoms with Crippen LogP contribution < -0.4 is 0 Å². The summed E-state index contributed by atoms with van der Waals surface area (Å²) in [5, 5.41) is 6.86. The van der Waals surface area contributed by atoms with E-state index in [2.05, 4.69) is 10.2 Å². The average molecular weight is 279 g/mol. The first kappa shape index (κ1) is 12.1. The molecule has 2 rings (SSSR count). The lowest BCUT2D eigenvalue weighted by atomic mass is 10.1. The van der Waals surface area contributed by atoms with Gasteiger partial charge in [-0.2, -0.15) is 0 Å². The van der Waals surface area contributed by atoms with Gasteiger partial charge in [-0.25, -0.2) is 13.2 Å². The molecule has 0 bridgehead atoms. The number of benzene rings is 1. The first-order valence-corrected chi connectivity index (χ1v) is 5.08. The van der Waals surface area contributed by atoms with E-state index in [1.165, 1.54) is 6.07 Å². The Morgan fingerprint density at radius 1 is 0.882 bits per heavy atom. The maximum Gasteiger partial charge on any atom is 0.194 e. The lowest BCUT2D eigenvalue weighted by Gasteiger charge is -2.05. The molecule has 0 aliphatic rings. The monoisotopic (exact) mass is 278 g/mol. The molecule has 0 saturated heterocycles. The predicted molar refractivity (Wildman–Crippen MR) is 57.4 cm³/mol. The third-order valence-electron chi connectivity index (χ3n) is 2.01. The molecule has 0 aliphatic carbocycles. The van der Waals surface area contributed by atoms with Crippen molar-refractivity contribution in [2.45, 2.75) is 0 Å². The van der Waals surface area contributed by atoms with Gasteiger partial charge >= 0.3 is 0 Å². The van der Waals surface area contributed by atoms with Crippen LogP contribution >= 0.6 is 23.2 Å². The van der Waals surface area contributed by atoms with Gasteiger partial charge in [0, 0.05) is 5.56 Å². The molecule has 17 heavy (non-hydrogen) atoms. The fourth-order valence-corrected chi connectivity index (χ4v) is 1.61. The Labute approximate surface area is 104 Å². The van der Waals surface area contributed by atoms with E-state index in [-0.39, 0.29) is 21.4 Å². The highest BCUT2D eigenvalue weighted by Crippen LogP contribution is 2.29. The van der Waals surface area contributed by atoms with E-state index in [1.54, 1.807) is 0 Å². The Balaban J connectivity index is 2.64. The molecule has 1 heterocycles. The topological polar surface area (TPSA) is 25.8 Å². The fourth-order valence-electron chi connectivity index (χ4n) is 1.27. The minimum absolute atomic E-state index is 0.00883. The van der Waals surface area contributed by atoms with Crippen LogP contribution in [0.5, 0.6) is 0 Å². The summed E-state index contributed by atoms with van der Waals surface area (Å²) in [7, 11) is 0. The van der Waals surface area contributed by atoms with Crippen molar-refractivity contribution in [1.29, 1.82) is 0 Å². The van der Waals surface area contributed by atoms with E-state index in [0.29, 0.717) is 0 Å². The molecule has 1 aromatic heterocycles. The molecule has 88 valence electrons. The van der Waals surface area contributed by atoms with E-state index in [0.717, 1.165) is 12.1 Å². The molecular formula is C10H3Cl2F3N2. The van der Waals surface area contributed by atoms with Crippen LogP contribution in [0.2, 0.25) is 10.3 Å². The first-order chi connectivity index (χ1) is 7.99. The average Bonchev–Trinajstić information content (AvgIpc) is 2.28. The lowest BCUT2D eigenvalue weighted by molar-refractivity contribution is 0.447. The van der Waals surface area contributed by atoms with Gasteiger partial charge in [-0.3, -0.25) is 0 Å². The van der Waals surface area contributed by atoms with E-state index >= 15 is 0 Å². The van der Waals surface area contributed by atoms with Crippen LogP contribution in [0.1, 0.15) is 0 Å². The zero-order chi connectivity index (χ0) is 12.6. The summed E-state index contributed by atoms with van der Waals surface area (Å²) in [4.78, 5) is 0. The van der Waals surface area contributed by atoms with E-state index < -0.39 is 17.5 Å². The fraction of sp³-hybridized carbons (Fsp3) is 0. The molecule has 0 radical (unpaired) electrons.